The van der Waals surface area contributed by atoms with Gasteiger partial charge < -0.3 is 20.1 Å². The summed E-state index contributed by atoms with van der Waals surface area (Å²) >= 11 is 1.73. The summed E-state index contributed by atoms with van der Waals surface area (Å²) in [6.45, 7) is 5.16. The molecule has 0 aliphatic carbocycles. The average molecular weight is 386 g/mol. The highest BCUT2D eigenvalue weighted by atomic mass is 32.1. The summed E-state index contributed by atoms with van der Waals surface area (Å²) in [5, 5.41) is 5.15. The molecule has 1 atom stereocenters. The lowest BCUT2D eigenvalue weighted by atomic mass is 10.1. The lowest BCUT2D eigenvalue weighted by molar-refractivity contribution is 0.200. The van der Waals surface area contributed by atoms with E-state index < -0.39 is 0 Å². The van der Waals surface area contributed by atoms with Gasteiger partial charge in [-0.2, -0.15) is 0 Å². The summed E-state index contributed by atoms with van der Waals surface area (Å²) in [5.41, 5.74) is 4.37. The molecule has 0 spiro atoms. The van der Waals surface area contributed by atoms with Crippen molar-refractivity contribution in [1.82, 2.24) is 25.1 Å². The van der Waals surface area contributed by atoms with Crippen molar-refractivity contribution in [2.45, 2.75) is 26.4 Å². The molecule has 7 heteroatoms. The fourth-order valence-electron chi connectivity index (χ4n) is 3.10. The number of likely N-dealkylation sites (N-methyl/N-ethyl adjacent to an activating group) is 1. The molecule has 0 radical (unpaired) electrons. The van der Waals surface area contributed by atoms with E-state index in [1.807, 2.05) is 26.2 Å². The number of aromatic amines is 1. The number of hydrogen-bond acceptors (Lipinski definition) is 4. The summed E-state index contributed by atoms with van der Waals surface area (Å²) in [6, 6.07) is 8.28. The first-order chi connectivity index (χ1) is 12.8. The van der Waals surface area contributed by atoms with Gasteiger partial charge in [0.2, 0.25) is 0 Å². The maximum absolute atomic E-state index is 12.6. The number of carbonyl (C=O) groups excluding carboxylic acids is 1. The molecule has 3 rings (SSSR count). The highest BCUT2D eigenvalue weighted by molar-refractivity contribution is 7.10. The molecule has 3 aromatic rings. The fraction of sp³-hybridized carbons (Fsp3) is 0.400. The van der Waals surface area contributed by atoms with Gasteiger partial charge in [0, 0.05) is 18.5 Å². The summed E-state index contributed by atoms with van der Waals surface area (Å²) in [7, 11) is 5.86. The van der Waals surface area contributed by atoms with E-state index in [2.05, 4.69) is 51.5 Å². The molecule has 2 heterocycles. The van der Waals surface area contributed by atoms with Crippen LogP contribution in [-0.4, -0.2) is 53.5 Å². The topological polar surface area (TPSA) is 64.3 Å². The van der Waals surface area contributed by atoms with Crippen LogP contribution in [0, 0.1) is 13.8 Å². The predicted molar refractivity (Wildman–Crippen MR) is 111 cm³/mol. The maximum atomic E-state index is 12.6. The van der Waals surface area contributed by atoms with Crippen molar-refractivity contribution in [3.8, 4) is 0 Å². The van der Waals surface area contributed by atoms with Crippen molar-refractivity contribution in [1.29, 1.82) is 0 Å². The van der Waals surface area contributed by atoms with E-state index in [-0.39, 0.29) is 12.1 Å². The molecule has 144 valence electrons. The molecule has 27 heavy (non-hydrogen) atoms. The summed E-state index contributed by atoms with van der Waals surface area (Å²) < 4.78 is 0. The Balaban J connectivity index is 1.61. The molecular weight excluding hydrogens is 358 g/mol. The van der Waals surface area contributed by atoms with E-state index in [4.69, 9.17) is 0 Å². The monoisotopic (exact) mass is 385 g/mol. The zero-order chi connectivity index (χ0) is 19.6. The Morgan fingerprint density at radius 3 is 2.70 bits per heavy atom. The van der Waals surface area contributed by atoms with Crippen LogP contribution < -0.4 is 5.32 Å². The molecular formula is C20H27N5OS. The zero-order valence-electron chi connectivity index (χ0n) is 16.5. The van der Waals surface area contributed by atoms with Crippen LogP contribution in [0.1, 0.15) is 27.9 Å². The predicted octanol–water partition coefficient (Wildman–Crippen LogP) is 3.69. The molecule has 1 aromatic carbocycles. The number of imidazole rings is 1. The molecule has 2 aromatic heterocycles. The van der Waals surface area contributed by atoms with Crippen LogP contribution in [0.15, 0.2) is 29.6 Å². The number of nitrogens with one attached hydrogen (secondary N) is 2. The van der Waals surface area contributed by atoms with Crippen LogP contribution in [0.3, 0.4) is 0 Å². The smallest absolute Gasteiger partial charge is 0.317 e. The minimum atomic E-state index is -0.104. The third kappa shape index (κ3) is 4.48. The van der Waals surface area contributed by atoms with Crippen molar-refractivity contribution < 1.29 is 4.79 Å². The van der Waals surface area contributed by atoms with Gasteiger partial charge in [-0.3, -0.25) is 0 Å². The highest BCUT2D eigenvalue weighted by Gasteiger charge is 2.20. The van der Waals surface area contributed by atoms with Gasteiger partial charge in [-0.25, -0.2) is 9.78 Å². The lowest BCUT2D eigenvalue weighted by Crippen LogP contribution is -2.41. The van der Waals surface area contributed by atoms with Gasteiger partial charge in [0.1, 0.15) is 5.82 Å². The van der Waals surface area contributed by atoms with E-state index in [1.165, 1.54) is 16.0 Å². The number of H-pyrrole nitrogens is 1. The normalized spacial score (nSPS) is 12.5. The number of thiophene rings is 1. The molecule has 0 saturated heterocycles. The third-order valence-corrected chi connectivity index (χ3v) is 5.81. The fourth-order valence-corrected chi connectivity index (χ4v) is 4.23. The molecule has 0 aliphatic rings. The first-order valence-corrected chi connectivity index (χ1v) is 9.87. The maximum Gasteiger partial charge on any atom is 0.317 e. The van der Waals surface area contributed by atoms with Crippen molar-refractivity contribution in [2.75, 3.05) is 27.7 Å². The number of benzene rings is 1. The molecule has 0 unspecified atom stereocenters. The number of carbonyl (C=O) groups is 1. The van der Waals surface area contributed by atoms with Crippen molar-refractivity contribution in [3.63, 3.8) is 0 Å². The minimum absolute atomic E-state index is 0.104. The number of rotatable bonds is 6. The van der Waals surface area contributed by atoms with Crippen molar-refractivity contribution in [2.24, 2.45) is 0 Å². The molecule has 2 amide bonds. The molecule has 2 N–H and O–H groups in total. The van der Waals surface area contributed by atoms with Gasteiger partial charge in [0.05, 0.1) is 23.6 Å². The summed E-state index contributed by atoms with van der Waals surface area (Å²) in [5.74, 6) is 0.784. The van der Waals surface area contributed by atoms with Gasteiger partial charge in [0.25, 0.3) is 0 Å². The van der Waals surface area contributed by atoms with Gasteiger partial charge >= 0.3 is 6.03 Å². The second-order valence-electron chi connectivity index (χ2n) is 7.19. The number of fused-ring (bicyclic) bond motifs is 1. The molecule has 0 bridgehead atoms. The Kier molecular flexibility index (Phi) is 5.82. The number of aromatic nitrogens is 2. The van der Waals surface area contributed by atoms with Gasteiger partial charge in [0.15, 0.2) is 0 Å². The third-order valence-electron chi connectivity index (χ3n) is 4.69. The van der Waals surface area contributed by atoms with Crippen LogP contribution in [0.5, 0.6) is 0 Å². The van der Waals surface area contributed by atoms with E-state index in [0.29, 0.717) is 13.1 Å². The van der Waals surface area contributed by atoms with Crippen LogP contribution in [0.25, 0.3) is 11.0 Å². The van der Waals surface area contributed by atoms with Crippen LogP contribution in [0.4, 0.5) is 4.79 Å². The van der Waals surface area contributed by atoms with Gasteiger partial charge in [-0.15, -0.1) is 11.3 Å². The quantitative estimate of drug-likeness (QED) is 0.680. The van der Waals surface area contributed by atoms with Crippen LogP contribution in [0.2, 0.25) is 0 Å². The number of urea groups is 1. The standard InChI is InChI=1S/C20H27N5OS/c1-13-6-7-15-16(10-13)23-18(22-15)12-25(5)20(26)21-11-17(24(3)4)19-14(2)8-9-27-19/h6-10,17H,11-12H2,1-5H3,(H,21,26)(H,22,23)/t17-/m0/s1. The molecule has 6 nitrogen and oxygen atoms in total. The number of aryl methyl sites for hydroxylation is 2. The summed E-state index contributed by atoms with van der Waals surface area (Å²) in [6.07, 6.45) is 0. The highest BCUT2D eigenvalue weighted by Crippen LogP contribution is 2.26. The zero-order valence-corrected chi connectivity index (χ0v) is 17.4. The van der Waals surface area contributed by atoms with E-state index in [1.54, 1.807) is 23.3 Å². The Morgan fingerprint density at radius 2 is 2.04 bits per heavy atom. The molecule has 0 saturated carbocycles. The SMILES string of the molecule is Cc1ccc2nc(CN(C)C(=O)NC[C@@H](c3sccc3C)N(C)C)[nH]c2c1. The first-order valence-electron chi connectivity index (χ1n) is 8.99. The second-order valence-corrected chi connectivity index (χ2v) is 8.14. The van der Waals surface area contributed by atoms with Crippen molar-refractivity contribution >= 4 is 28.4 Å². The van der Waals surface area contributed by atoms with E-state index in [9.17, 15) is 4.79 Å². The van der Waals surface area contributed by atoms with E-state index >= 15 is 0 Å². The Bertz CT molecular complexity index is 929. The Labute approximate surface area is 164 Å². The Morgan fingerprint density at radius 1 is 1.26 bits per heavy atom. The number of nitrogens with zero attached hydrogens (tertiary/aromatic N) is 3. The first kappa shape index (κ1) is 19.4. The van der Waals surface area contributed by atoms with Crippen LogP contribution in [-0.2, 0) is 6.54 Å². The van der Waals surface area contributed by atoms with Gasteiger partial charge in [-0.05, 0) is 62.6 Å². The molecule has 0 fully saturated rings. The Hall–Kier alpha value is -2.38. The average Bonchev–Trinajstić information content (AvgIpc) is 3.20. The van der Waals surface area contributed by atoms with E-state index in [0.717, 1.165) is 16.9 Å². The minimum Gasteiger partial charge on any atom is -0.340 e. The summed E-state index contributed by atoms with van der Waals surface area (Å²) in [4.78, 5) is 25.5. The van der Waals surface area contributed by atoms with Crippen molar-refractivity contribution in [3.05, 3.63) is 51.5 Å². The largest absolute Gasteiger partial charge is 0.340 e. The van der Waals surface area contributed by atoms with Gasteiger partial charge in [-0.1, -0.05) is 6.07 Å². The lowest BCUT2D eigenvalue weighted by Gasteiger charge is -2.26. The van der Waals surface area contributed by atoms with Crippen LogP contribution >= 0.6 is 11.3 Å². The number of amides is 2. The molecule has 0 aliphatic heterocycles. The number of hydrogen-bond donors (Lipinski definition) is 2. The second kappa shape index (κ2) is 8.10.